The highest BCUT2D eigenvalue weighted by molar-refractivity contribution is 7.17. The van der Waals surface area contributed by atoms with E-state index >= 15 is 0 Å². The monoisotopic (exact) mass is 676 g/mol. The van der Waals surface area contributed by atoms with Crippen LogP contribution in [0.15, 0.2) is 60.7 Å². The number of ether oxygens (including phenoxy) is 2. The molecule has 4 aliphatic rings. The molecule has 2 saturated heterocycles. The predicted octanol–water partition coefficient (Wildman–Crippen LogP) is 6.94. The molecule has 4 aromatic rings. The van der Waals surface area contributed by atoms with Crippen LogP contribution in [0.3, 0.4) is 0 Å². The Kier molecular flexibility index (Phi) is 8.45. The molecule has 49 heavy (non-hydrogen) atoms. The van der Waals surface area contributed by atoms with Gasteiger partial charge in [-0.3, -0.25) is 9.59 Å². The molecule has 0 bridgehead atoms. The van der Waals surface area contributed by atoms with E-state index in [1.54, 1.807) is 31.2 Å². The lowest BCUT2D eigenvalue weighted by Crippen LogP contribution is -2.59. The average molecular weight is 677 g/mol. The van der Waals surface area contributed by atoms with Crippen molar-refractivity contribution in [1.29, 1.82) is 0 Å². The van der Waals surface area contributed by atoms with Crippen LogP contribution in [0.5, 0.6) is 0 Å². The summed E-state index contributed by atoms with van der Waals surface area (Å²) in [6.45, 7) is 6.00. The van der Waals surface area contributed by atoms with Gasteiger partial charge in [0, 0.05) is 65.6 Å². The SMILES string of the molecule is CCOC(=O)c1cc2c(s1)-c1ccccc1N(C(=O)c1ccc(NC(=O)c3cc4c(nc3N3CC5(CCOCC5)C3)CCCC4)cc1)CC2. The van der Waals surface area contributed by atoms with Gasteiger partial charge < -0.3 is 24.6 Å². The van der Waals surface area contributed by atoms with Crippen molar-refractivity contribution in [3.8, 4) is 10.4 Å². The number of esters is 1. The fourth-order valence-electron chi connectivity index (χ4n) is 7.73. The number of aryl methyl sites for hydroxylation is 2. The number of anilines is 3. The van der Waals surface area contributed by atoms with Gasteiger partial charge in [0.1, 0.15) is 10.7 Å². The Bertz CT molecular complexity index is 1920. The van der Waals surface area contributed by atoms with Gasteiger partial charge in [0.2, 0.25) is 0 Å². The maximum absolute atomic E-state index is 14.0. The normalized spacial score (nSPS) is 17.7. The van der Waals surface area contributed by atoms with Crippen molar-refractivity contribution in [3.63, 3.8) is 0 Å². The highest BCUT2D eigenvalue weighted by atomic mass is 32.1. The standard InChI is InChI=1S/C39H40N4O5S/c1-2-48-38(46)33-22-27-15-18-43(32-10-6-4-8-29(32)34(27)49-33)37(45)25-11-13-28(14-12-25)40-36(44)30-21-26-7-3-5-9-31(26)41-35(30)42-23-39(24-42)16-19-47-20-17-39/h4,6,8,10-14,21-22H,2-3,5,7,9,15-20,23-24H2,1H3,(H,40,44). The van der Waals surface area contributed by atoms with E-state index in [1.807, 2.05) is 35.2 Å². The van der Waals surface area contributed by atoms with Crippen LogP contribution < -0.4 is 15.1 Å². The molecule has 1 aliphatic carbocycles. The Balaban J connectivity index is 1.01. The molecular formula is C39H40N4O5S. The van der Waals surface area contributed by atoms with Crippen LogP contribution in [0.1, 0.15) is 79.8 Å². The zero-order valence-corrected chi connectivity index (χ0v) is 28.6. The second-order valence-electron chi connectivity index (χ2n) is 13.6. The van der Waals surface area contributed by atoms with Crippen molar-refractivity contribution in [2.45, 2.75) is 51.9 Å². The van der Waals surface area contributed by atoms with Crippen molar-refractivity contribution in [3.05, 3.63) is 93.5 Å². The lowest BCUT2D eigenvalue weighted by atomic mass is 9.73. The minimum atomic E-state index is -0.318. The van der Waals surface area contributed by atoms with Gasteiger partial charge in [-0.15, -0.1) is 11.3 Å². The molecule has 9 nitrogen and oxygen atoms in total. The fourth-order valence-corrected chi connectivity index (χ4v) is 8.86. The second kappa shape index (κ2) is 13.1. The molecule has 0 radical (unpaired) electrons. The highest BCUT2D eigenvalue weighted by Gasteiger charge is 2.45. The van der Waals surface area contributed by atoms with E-state index in [0.29, 0.717) is 41.3 Å². The molecule has 1 spiro atoms. The Morgan fingerprint density at radius 1 is 0.959 bits per heavy atom. The highest BCUT2D eigenvalue weighted by Crippen LogP contribution is 2.44. The van der Waals surface area contributed by atoms with Crippen LogP contribution in [0.25, 0.3) is 10.4 Å². The smallest absolute Gasteiger partial charge is 0.348 e. The van der Waals surface area contributed by atoms with E-state index in [0.717, 1.165) is 98.0 Å². The summed E-state index contributed by atoms with van der Waals surface area (Å²) in [7, 11) is 0. The summed E-state index contributed by atoms with van der Waals surface area (Å²) < 4.78 is 10.9. The number of carbonyl (C=O) groups is 3. The van der Waals surface area contributed by atoms with Gasteiger partial charge in [-0.1, -0.05) is 18.2 Å². The third kappa shape index (κ3) is 6.01. The third-order valence-electron chi connectivity index (χ3n) is 10.4. The minimum absolute atomic E-state index is 0.118. The van der Waals surface area contributed by atoms with Gasteiger partial charge in [0.15, 0.2) is 0 Å². The number of aromatic nitrogens is 1. The first-order chi connectivity index (χ1) is 23.9. The van der Waals surface area contributed by atoms with Gasteiger partial charge in [-0.2, -0.15) is 0 Å². The van der Waals surface area contributed by atoms with Crippen LogP contribution >= 0.6 is 11.3 Å². The minimum Gasteiger partial charge on any atom is -0.462 e. The lowest BCUT2D eigenvalue weighted by molar-refractivity contribution is -0.000527. The van der Waals surface area contributed by atoms with Crippen LogP contribution in [0.4, 0.5) is 17.2 Å². The number of hydrogen-bond acceptors (Lipinski definition) is 8. The van der Waals surface area contributed by atoms with E-state index in [1.165, 1.54) is 16.9 Å². The summed E-state index contributed by atoms with van der Waals surface area (Å²) in [4.78, 5) is 51.0. The third-order valence-corrected chi connectivity index (χ3v) is 11.6. The first kappa shape index (κ1) is 31.7. The molecule has 2 amide bonds. The van der Waals surface area contributed by atoms with Gasteiger partial charge in [-0.05, 0) is 105 Å². The van der Waals surface area contributed by atoms with Crippen LogP contribution in [0.2, 0.25) is 0 Å². The molecule has 5 heterocycles. The van der Waals surface area contributed by atoms with Crippen LogP contribution in [-0.2, 0) is 28.7 Å². The van der Waals surface area contributed by atoms with E-state index in [9.17, 15) is 14.4 Å². The van der Waals surface area contributed by atoms with E-state index in [4.69, 9.17) is 14.5 Å². The first-order valence-corrected chi connectivity index (χ1v) is 18.2. The number of pyridine rings is 1. The van der Waals surface area contributed by atoms with Crippen molar-refractivity contribution >= 4 is 46.3 Å². The summed E-state index contributed by atoms with van der Waals surface area (Å²) in [5.74, 6) is 0.163. The average Bonchev–Trinajstić information content (AvgIpc) is 3.49. The Morgan fingerprint density at radius 2 is 1.73 bits per heavy atom. The molecular weight excluding hydrogens is 637 g/mol. The Hall–Kier alpha value is -4.54. The van der Waals surface area contributed by atoms with Crippen molar-refractivity contribution in [2.75, 3.05) is 54.6 Å². The first-order valence-electron chi connectivity index (χ1n) is 17.4. The number of amides is 2. The zero-order chi connectivity index (χ0) is 33.5. The molecule has 0 atom stereocenters. The number of para-hydroxylation sites is 1. The van der Waals surface area contributed by atoms with Gasteiger partial charge in [-0.25, -0.2) is 9.78 Å². The number of carbonyl (C=O) groups excluding carboxylic acids is 3. The van der Waals surface area contributed by atoms with Crippen molar-refractivity contribution in [1.82, 2.24) is 4.98 Å². The Labute approximate surface area is 290 Å². The summed E-state index contributed by atoms with van der Waals surface area (Å²) >= 11 is 1.41. The molecule has 3 aliphatic heterocycles. The molecule has 0 unspecified atom stereocenters. The number of nitrogens with one attached hydrogen (secondary N) is 1. The van der Waals surface area contributed by atoms with Crippen LogP contribution in [-0.4, -0.2) is 62.2 Å². The molecule has 1 N–H and O–H groups in total. The summed E-state index contributed by atoms with van der Waals surface area (Å²) in [5.41, 5.74) is 7.09. The predicted molar refractivity (Wildman–Crippen MR) is 191 cm³/mol. The number of thiophene rings is 1. The summed E-state index contributed by atoms with van der Waals surface area (Å²) in [6, 6.07) is 18.9. The fraction of sp³-hybridized carbons (Fsp3) is 0.385. The van der Waals surface area contributed by atoms with E-state index < -0.39 is 0 Å². The van der Waals surface area contributed by atoms with Gasteiger partial charge in [0.25, 0.3) is 11.8 Å². The van der Waals surface area contributed by atoms with Gasteiger partial charge >= 0.3 is 5.97 Å². The molecule has 10 heteroatoms. The topological polar surface area (TPSA) is 101 Å². The lowest BCUT2D eigenvalue weighted by Gasteiger charge is -2.53. The summed E-state index contributed by atoms with van der Waals surface area (Å²) in [5, 5.41) is 3.10. The number of benzene rings is 2. The molecule has 2 fully saturated rings. The molecule has 2 aromatic heterocycles. The number of nitrogens with zero attached hydrogens (tertiary/aromatic N) is 3. The largest absolute Gasteiger partial charge is 0.462 e. The van der Waals surface area contributed by atoms with Crippen molar-refractivity contribution < 1.29 is 23.9 Å². The molecule has 8 rings (SSSR count). The maximum atomic E-state index is 14.0. The van der Waals surface area contributed by atoms with Crippen molar-refractivity contribution in [2.24, 2.45) is 5.41 Å². The van der Waals surface area contributed by atoms with Gasteiger partial charge in [0.05, 0.1) is 17.9 Å². The number of hydrogen-bond donors (Lipinski definition) is 1. The second-order valence-corrected chi connectivity index (χ2v) is 14.6. The maximum Gasteiger partial charge on any atom is 0.348 e. The molecule has 252 valence electrons. The zero-order valence-electron chi connectivity index (χ0n) is 27.8. The number of rotatable bonds is 6. The van der Waals surface area contributed by atoms with Crippen LogP contribution in [0, 0.1) is 5.41 Å². The molecule has 2 aromatic carbocycles. The quantitative estimate of drug-likeness (QED) is 0.221. The van der Waals surface area contributed by atoms with E-state index in [2.05, 4.69) is 16.3 Å². The summed E-state index contributed by atoms with van der Waals surface area (Å²) in [6.07, 6.45) is 6.86. The molecule has 0 saturated carbocycles. The number of fused-ring (bicyclic) bond motifs is 4. The Morgan fingerprint density at radius 3 is 2.53 bits per heavy atom. The van der Waals surface area contributed by atoms with E-state index in [-0.39, 0.29) is 23.2 Å².